The Morgan fingerprint density at radius 2 is 2.03 bits per heavy atom. The van der Waals surface area contributed by atoms with Gasteiger partial charge in [-0.05, 0) is 26.3 Å². The molecule has 0 bridgehead atoms. The number of anilines is 1. The first kappa shape index (κ1) is 20.9. The first-order valence-corrected chi connectivity index (χ1v) is 9.74. The van der Waals surface area contributed by atoms with Gasteiger partial charge in [-0.1, -0.05) is 12.1 Å². The smallest absolute Gasteiger partial charge is 0.288 e. The first-order chi connectivity index (χ1) is 14.0. The van der Waals surface area contributed by atoms with Crippen LogP contribution in [0.15, 0.2) is 18.2 Å². The quantitative estimate of drug-likeness (QED) is 0.734. The van der Waals surface area contributed by atoms with Crippen LogP contribution in [-0.4, -0.2) is 56.3 Å². The normalized spacial score (nSPS) is 16.0. The Labute approximate surface area is 171 Å². The second-order valence-corrected chi connectivity index (χ2v) is 7.13. The van der Waals surface area contributed by atoms with Gasteiger partial charge < -0.3 is 25.0 Å². The molecular formula is C21H29N5O3. The molecule has 0 aliphatic carbocycles. The summed E-state index contributed by atoms with van der Waals surface area (Å²) in [5, 5.41) is 6.20. The number of carbonyl (C=O) groups excluding carboxylic acids is 1. The van der Waals surface area contributed by atoms with E-state index in [0.29, 0.717) is 12.6 Å². The molecule has 1 aliphatic rings. The summed E-state index contributed by atoms with van der Waals surface area (Å²) in [7, 11) is 4.88. The van der Waals surface area contributed by atoms with Crippen molar-refractivity contribution in [1.29, 1.82) is 0 Å². The summed E-state index contributed by atoms with van der Waals surface area (Å²) in [4.78, 5) is 23.1. The molecule has 156 valence electrons. The minimum atomic E-state index is -0.270. The second kappa shape index (κ2) is 9.09. The molecule has 1 aromatic heterocycles. The summed E-state index contributed by atoms with van der Waals surface area (Å²) in [5.41, 5.74) is 2.89. The van der Waals surface area contributed by atoms with Crippen molar-refractivity contribution in [3.05, 3.63) is 40.8 Å². The zero-order valence-electron chi connectivity index (χ0n) is 17.7. The molecule has 1 aromatic carbocycles. The van der Waals surface area contributed by atoms with Gasteiger partial charge in [0, 0.05) is 49.5 Å². The van der Waals surface area contributed by atoms with Crippen LogP contribution in [0.25, 0.3) is 0 Å². The molecule has 8 nitrogen and oxygen atoms in total. The van der Waals surface area contributed by atoms with Crippen LogP contribution in [0.2, 0.25) is 0 Å². The highest BCUT2D eigenvalue weighted by atomic mass is 16.5. The summed E-state index contributed by atoms with van der Waals surface area (Å²) in [6, 6.07) is 6.20. The lowest BCUT2D eigenvalue weighted by Crippen LogP contribution is -2.33. The van der Waals surface area contributed by atoms with Crippen molar-refractivity contribution in [2.75, 3.05) is 39.3 Å². The number of nitrogens with zero attached hydrogens (tertiary/aromatic N) is 3. The standard InChI is InChI=1S/C21H29N5O3/c1-13-14(2)24-19(21(27)22-3)25-20(13)26-10-9-16(12-26)23-11-15-7-6-8-17(28-4)18(15)29-5/h6-8,16,23H,9-12H2,1-5H3,(H,22,27)/t16-/m1/s1. The van der Waals surface area contributed by atoms with Crippen LogP contribution in [-0.2, 0) is 6.54 Å². The fraction of sp³-hybridized carbons (Fsp3) is 0.476. The number of carbonyl (C=O) groups is 1. The first-order valence-electron chi connectivity index (χ1n) is 9.74. The number of para-hydroxylation sites is 1. The van der Waals surface area contributed by atoms with Crippen LogP contribution in [0.3, 0.4) is 0 Å². The summed E-state index contributed by atoms with van der Waals surface area (Å²) in [5.74, 6) is 2.26. The average Bonchev–Trinajstić information content (AvgIpc) is 3.21. The third-order valence-corrected chi connectivity index (χ3v) is 5.35. The van der Waals surface area contributed by atoms with E-state index in [-0.39, 0.29) is 11.7 Å². The van der Waals surface area contributed by atoms with Crippen molar-refractivity contribution in [2.24, 2.45) is 0 Å². The molecule has 1 atom stereocenters. The van der Waals surface area contributed by atoms with Crippen molar-refractivity contribution >= 4 is 11.7 Å². The van der Waals surface area contributed by atoms with Gasteiger partial charge in [-0.25, -0.2) is 9.97 Å². The Bertz CT molecular complexity index is 887. The Morgan fingerprint density at radius 1 is 1.24 bits per heavy atom. The van der Waals surface area contributed by atoms with Crippen molar-refractivity contribution in [2.45, 2.75) is 32.9 Å². The van der Waals surface area contributed by atoms with Gasteiger partial charge in [-0.3, -0.25) is 4.79 Å². The van der Waals surface area contributed by atoms with Crippen molar-refractivity contribution < 1.29 is 14.3 Å². The van der Waals surface area contributed by atoms with Crippen LogP contribution < -0.4 is 25.0 Å². The molecule has 1 saturated heterocycles. The lowest BCUT2D eigenvalue weighted by Gasteiger charge is -2.21. The third-order valence-electron chi connectivity index (χ3n) is 5.35. The molecular weight excluding hydrogens is 370 g/mol. The minimum Gasteiger partial charge on any atom is -0.493 e. The Kier molecular flexibility index (Phi) is 6.53. The molecule has 3 rings (SSSR count). The van der Waals surface area contributed by atoms with Gasteiger partial charge in [0.05, 0.1) is 14.2 Å². The van der Waals surface area contributed by atoms with E-state index >= 15 is 0 Å². The second-order valence-electron chi connectivity index (χ2n) is 7.13. The van der Waals surface area contributed by atoms with E-state index in [4.69, 9.17) is 9.47 Å². The van der Waals surface area contributed by atoms with Gasteiger partial charge in [-0.2, -0.15) is 0 Å². The number of ether oxygens (including phenoxy) is 2. The molecule has 2 N–H and O–H groups in total. The minimum absolute atomic E-state index is 0.211. The highest BCUT2D eigenvalue weighted by Gasteiger charge is 2.26. The number of nitrogens with one attached hydrogen (secondary N) is 2. The largest absolute Gasteiger partial charge is 0.493 e. The lowest BCUT2D eigenvalue weighted by atomic mass is 10.1. The lowest BCUT2D eigenvalue weighted by molar-refractivity contribution is 0.0952. The van der Waals surface area contributed by atoms with E-state index in [2.05, 4.69) is 25.5 Å². The summed E-state index contributed by atoms with van der Waals surface area (Å²) >= 11 is 0. The average molecular weight is 399 g/mol. The van der Waals surface area contributed by atoms with Crippen LogP contribution in [0.4, 0.5) is 5.82 Å². The number of hydrogen-bond donors (Lipinski definition) is 2. The van der Waals surface area contributed by atoms with E-state index in [1.54, 1.807) is 21.3 Å². The number of hydrogen-bond acceptors (Lipinski definition) is 7. The zero-order valence-corrected chi connectivity index (χ0v) is 17.7. The Balaban J connectivity index is 1.70. The van der Waals surface area contributed by atoms with Crippen molar-refractivity contribution in [1.82, 2.24) is 20.6 Å². The highest BCUT2D eigenvalue weighted by Crippen LogP contribution is 2.31. The number of aromatic nitrogens is 2. The Hall–Kier alpha value is -2.87. The van der Waals surface area contributed by atoms with Crippen LogP contribution in [0.1, 0.15) is 33.9 Å². The van der Waals surface area contributed by atoms with Crippen LogP contribution >= 0.6 is 0 Å². The monoisotopic (exact) mass is 399 g/mol. The van der Waals surface area contributed by atoms with Crippen molar-refractivity contribution in [3.8, 4) is 11.5 Å². The van der Waals surface area contributed by atoms with Gasteiger partial charge in [-0.15, -0.1) is 0 Å². The zero-order chi connectivity index (χ0) is 21.0. The van der Waals surface area contributed by atoms with E-state index < -0.39 is 0 Å². The number of benzene rings is 1. The van der Waals surface area contributed by atoms with Gasteiger partial charge in [0.2, 0.25) is 5.82 Å². The van der Waals surface area contributed by atoms with E-state index in [1.165, 1.54) is 0 Å². The van der Waals surface area contributed by atoms with E-state index in [0.717, 1.165) is 53.6 Å². The molecule has 1 amide bonds. The molecule has 8 heteroatoms. The number of aryl methyl sites for hydroxylation is 1. The van der Waals surface area contributed by atoms with E-state index in [9.17, 15) is 4.79 Å². The maximum atomic E-state index is 12.0. The fourth-order valence-electron chi connectivity index (χ4n) is 3.60. The number of methoxy groups -OCH3 is 2. The summed E-state index contributed by atoms with van der Waals surface area (Å²) in [6.07, 6.45) is 0.990. The molecule has 29 heavy (non-hydrogen) atoms. The predicted molar refractivity (Wildman–Crippen MR) is 112 cm³/mol. The highest BCUT2D eigenvalue weighted by molar-refractivity contribution is 5.90. The number of rotatable bonds is 7. The summed E-state index contributed by atoms with van der Waals surface area (Å²) < 4.78 is 10.9. The van der Waals surface area contributed by atoms with Gasteiger partial charge in [0.1, 0.15) is 5.82 Å². The molecule has 1 aliphatic heterocycles. The Morgan fingerprint density at radius 3 is 2.72 bits per heavy atom. The SMILES string of the molecule is CNC(=O)c1nc(C)c(C)c(N2CC[C@@H](NCc3cccc(OC)c3OC)C2)n1. The number of amides is 1. The maximum absolute atomic E-state index is 12.0. The molecule has 0 radical (unpaired) electrons. The van der Waals surface area contributed by atoms with Gasteiger partial charge in [0.25, 0.3) is 5.91 Å². The molecule has 0 spiro atoms. The molecule has 0 unspecified atom stereocenters. The molecule has 2 heterocycles. The predicted octanol–water partition coefficient (Wildman–Crippen LogP) is 1.84. The van der Waals surface area contributed by atoms with E-state index in [1.807, 2.05) is 32.0 Å². The summed E-state index contributed by atoms with van der Waals surface area (Å²) in [6.45, 7) is 6.28. The molecule has 2 aromatic rings. The fourth-order valence-corrected chi connectivity index (χ4v) is 3.60. The third kappa shape index (κ3) is 4.42. The van der Waals surface area contributed by atoms with Crippen LogP contribution in [0.5, 0.6) is 11.5 Å². The van der Waals surface area contributed by atoms with Crippen LogP contribution in [0, 0.1) is 13.8 Å². The topological polar surface area (TPSA) is 88.6 Å². The maximum Gasteiger partial charge on any atom is 0.288 e. The molecule has 1 fully saturated rings. The van der Waals surface area contributed by atoms with Crippen molar-refractivity contribution in [3.63, 3.8) is 0 Å². The van der Waals surface area contributed by atoms with Gasteiger partial charge in [0.15, 0.2) is 11.5 Å². The van der Waals surface area contributed by atoms with Gasteiger partial charge >= 0.3 is 0 Å². The molecule has 0 saturated carbocycles.